The SMILES string of the molecule is Cn1cc(C=CC(=O)c2ccc(Br)cc2)cn1. The molecule has 0 unspecified atom stereocenters. The zero-order valence-corrected chi connectivity index (χ0v) is 10.9. The molecule has 2 aromatic rings. The van der Waals surface area contributed by atoms with Crippen molar-refractivity contribution in [3.8, 4) is 0 Å². The molecule has 0 radical (unpaired) electrons. The fourth-order valence-electron chi connectivity index (χ4n) is 1.41. The maximum Gasteiger partial charge on any atom is 0.185 e. The van der Waals surface area contributed by atoms with Gasteiger partial charge in [0.15, 0.2) is 5.78 Å². The molecule has 17 heavy (non-hydrogen) atoms. The van der Waals surface area contributed by atoms with E-state index >= 15 is 0 Å². The van der Waals surface area contributed by atoms with Crippen molar-refractivity contribution in [3.63, 3.8) is 0 Å². The minimum Gasteiger partial charge on any atom is -0.289 e. The molecule has 0 bridgehead atoms. The summed E-state index contributed by atoms with van der Waals surface area (Å²) in [7, 11) is 1.84. The lowest BCUT2D eigenvalue weighted by Crippen LogP contribution is -1.92. The van der Waals surface area contributed by atoms with Gasteiger partial charge in [-0.15, -0.1) is 0 Å². The van der Waals surface area contributed by atoms with Crippen molar-refractivity contribution in [1.82, 2.24) is 9.78 Å². The molecule has 0 aliphatic heterocycles. The van der Waals surface area contributed by atoms with Crippen LogP contribution in [0.5, 0.6) is 0 Å². The molecule has 0 saturated carbocycles. The van der Waals surface area contributed by atoms with E-state index in [0.29, 0.717) is 5.56 Å². The Morgan fingerprint density at radius 3 is 2.65 bits per heavy atom. The lowest BCUT2D eigenvalue weighted by Gasteiger charge is -1.95. The second-order valence-corrected chi connectivity index (χ2v) is 4.57. The maximum absolute atomic E-state index is 11.8. The van der Waals surface area contributed by atoms with E-state index in [4.69, 9.17) is 0 Å². The third-order valence-corrected chi connectivity index (χ3v) is 2.81. The summed E-state index contributed by atoms with van der Waals surface area (Å²) >= 11 is 3.33. The average molecular weight is 291 g/mol. The van der Waals surface area contributed by atoms with E-state index in [2.05, 4.69) is 21.0 Å². The largest absolute Gasteiger partial charge is 0.289 e. The van der Waals surface area contributed by atoms with Gasteiger partial charge in [0.2, 0.25) is 0 Å². The standard InChI is InChI=1S/C13H11BrN2O/c1-16-9-10(8-15-16)2-7-13(17)11-3-5-12(14)6-4-11/h2-9H,1H3. The van der Waals surface area contributed by atoms with Gasteiger partial charge < -0.3 is 0 Å². The molecule has 0 aliphatic rings. The van der Waals surface area contributed by atoms with Crippen LogP contribution in [-0.2, 0) is 7.05 Å². The molecule has 0 N–H and O–H groups in total. The predicted octanol–water partition coefficient (Wildman–Crippen LogP) is 3.08. The Morgan fingerprint density at radius 2 is 2.06 bits per heavy atom. The molecule has 1 heterocycles. The zero-order valence-electron chi connectivity index (χ0n) is 9.30. The fourth-order valence-corrected chi connectivity index (χ4v) is 1.67. The second-order valence-electron chi connectivity index (χ2n) is 3.65. The highest BCUT2D eigenvalue weighted by Crippen LogP contribution is 2.11. The molecule has 0 amide bonds. The van der Waals surface area contributed by atoms with Crippen LogP contribution in [-0.4, -0.2) is 15.6 Å². The highest BCUT2D eigenvalue weighted by Gasteiger charge is 2.01. The number of ketones is 1. The van der Waals surface area contributed by atoms with Gasteiger partial charge in [0.05, 0.1) is 6.20 Å². The van der Waals surface area contributed by atoms with Gasteiger partial charge in [-0.3, -0.25) is 9.48 Å². The van der Waals surface area contributed by atoms with Crippen molar-refractivity contribution in [2.75, 3.05) is 0 Å². The summed E-state index contributed by atoms with van der Waals surface area (Å²) in [5, 5.41) is 4.03. The summed E-state index contributed by atoms with van der Waals surface area (Å²) < 4.78 is 2.66. The van der Waals surface area contributed by atoms with Crippen LogP contribution in [0.25, 0.3) is 6.08 Å². The number of aromatic nitrogens is 2. The van der Waals surface area contributed by atoms with Crippen LogP contribution in [0.1, 0.15) is 15.9 Å². The van der Waals surface area contributed by atoms with Crippen LogP contribution >= 0.6 is 15.9 Å². The number of benzene rings is 1. The van der Waals surface area contributed by atoms with Crippen LogP contribution < -0.4 is 0 Å². The van der Waals surface area contributed by atoms with Crippen molar-refractivity contribution < 1.29 is 4.79 Å². The Hall–Kier alpha value is -1.68. The van der Waals surface area contributed by atoms with Crippen molar-refractivity contribution >= 4 is 27.8 Å². The van der Waals surface area contributed by atoms with E-state index in [9.17, 15) is 4.79 Å². The first-order chi connectivity index (χ1) is 8.15. The number of aryl methyl sites for hydroxylation is 1. The molecule has 0 atom stereocenters. The van der Waals surface area contributed by atoms with Crippen molar-refractivity contribution in [3.05, 3.63) is 58.3 Å². The minimum atomic E-state index is -0.0126. The van der Waals surface area contributed by atoms with Gasteiger partial charge in [-0.2, -0.15) is 5.10 Å². The van der Waals surface area contributed by atoms with Gasteiger partial charge in [-0.1, -0.05) is 15.9 Å². The van der Waals surface area contributed by atoms with Gasteiger partial charge in [0.25, 0.3) is 0 Å². The summed E-state index contributed by atoms with van der Waals surface area (Å²) in [6.07, 6.45) is 6.88. The molecule has 2 rings (SSSR count). The minimum absolute atomic E-state index is 0.0126. The van der Waals surface area contributed by atoms with Crippen LogP contribution in [0.4, 0.5) is 0 Å². The van der Waals surface area contributed by atoms with E-state index in [1.165, 1.54) is 0 Å². The van der Waals surface area contributed by atoms with Crippen LogP contribution in [0.2, 0.25) is 0 Å². The number of carbonyl (C=O) groups excluding carboxylic acids is 1. The van der Waals surface area contributed by atoms with Gasteiger partial charge in [0.1, 0.15) is 0 Å². The van der Waals surface area contributed by atoms with Gasteiger partial charge in [0, 0.05) is 28.8 Å². The van der Waals surface area contributed by atoms with E-state index < -0.39 is 0 Å². The van der Waals surface area contributed by atoms with Crippen LogP contribution in [0.15, 0.2) is 47.2 Å². The number of allylic oxidation sites excluding steroid dienone is 1. The third-order valence-electron chi connectivity index (χ3n) is 2.28. The molecule has 1 aromatic carbocycles. The van der Waals surface area contributed by atoms with Crippen molar-refractivity contribution in [1.29, 1.82) is 0 Å². The first-order valence-corrected chi connectivity index (χ1v) is 5.91. The molecular weight excluding hydrogens is 280 g/mol. The number of hydrogen-bond acceptors (Lipinski definition) is 2. The summed E-state index contributed by atoms with van der Waals surface area (Å²) in [6, 6.07) is 7.29. The summed E-state index contributed by atoms with van der Waals surface area (Å²) in [6.45, 7) is 0. The number of carbonyl (C=O) groups is 1. The van der Waals surface area contributed by atoms with Gasteiger partial charge in [-0.25, -0.2) is 0 Å². The molecule has 0 spiro atoms. The first-order valence-electron chi connectivity index (χ1n) is 5.12. The normalized spacial score (nSPS) is 10.9. The smallest absolute Gasteiger partial charge is 0.185 e. The van der Waals surface area contributed by atoms with E-state index in [0.717, 1.165) is 10.0 Å². The van der Waals surface area contributed by atoms with Gasteiger partial charge >= 0.3 is 0 Å². The van der Waals surface area contributed by atoms with Crippen molar-refractivity contribution in [2.45, 2.75) is 0 Å². The summed E-state index contributed by atoms with van der Waals surface area (Å²) in [5.41, 5.74) is 1.59. The number of nitrogens with zero attached hydrogens (tertiary/aromatic N) is 2. The Balaban J connectivity index is 2.11. The highest BCUT2D eigenvalue weighted by atomic mass is 79.9. The van der Waals surface area contributed by atoms with E-state index in [-0.39, 0.29) is 5.78 Å². The Bertz CT molecular complexity index is 555. The average Bonchev–Trinajstić information content (AvgIpc) is 2.73. The highest BCUT2D eigenvalue weighted by molar-refractivity contribution is 9.10. The lowest BCUT2D eigenvalue weighted by molar-refractivity contribution is 0.104. The molecule has 0 fully saturated rings. The topological polar surface area (TPSA) is 34.9 Å². The van der Waals surface area contributed by atoms with Crippen LogP contribution in [0.3, 0.4) is 0 Å². The third kappa shape index (κ3) is 3.14. The van der Waals surface area contributed by atoms with Gasteiger partial charge in [-0.05, 0) is 36.4 Å². The molecule has 1 aromatic heterocycles. The monoisotopic (exact) mass is 290 g/mol. The Kier molecular flexibility index (Phi) is 3.54. The second kappa shape index (κ2) is 5.10. The Morgan fingerprint density at radius 1 is 1.35 bits per heavy atom. The maximum atomic E-state index is 11.8. The van der Waals surface area contributed by atoms with Crippen molar-refractivity contribution in [2.24, 2.45) is 7.05 Å². The molecule has 86 valence electrons. The van der Waals surface area contributed by atoms with Crippen LogP contribution in [0, 0.1) is 0 Å². The molecular formula is C13H11BrN2O. The molecule has 3 nitrogen and oxygen atoms in total. The molecule has 4 heteroatoms. The summed E-state index contributed by atoms with van der Waals surface area (Å²) in [5.74, 6) is -0.0126. The number of hydrogen-bond donors (Lipinski definition) is 0. The molecule has 0 saturated heterocycles. The number of halogens is 1. The summed E-state index contributed by atoms with van der Waals surface area (Å²) in [4.78, 5) is 11.8. The lowest BCUT2D eigenvalue weighted by atomic mass is 10.1. The fraction of sp³-hybridized carbons (Fsp3) is 0.0769. The Labute approximate surface area is 108 Å². The quantitative estimate of drug-likeness (QED) is 0.643. The zero-order chi connectivity index (χ0) is 12.3. The molecule has 0 aliphatic carbocycles. The first kappa shape index (κ1) is 11.8. The number of rotatable bonds is 3. The van der Waals surface area contributed by atoms with E-state index in [1.807, 2.05) is 25.4 Å². The van der Waals surface area contributed by atoms with E-state index in [1.54, 1.807) is 35.2 Å². The predicted molar refractivity (Wildman–Crippen MR) is 70.7 cm³/mol.